The zero-order valence-electron chi connectivity index (χ0n) is 24.0. The number of carboxylic acid groups (broad SMARTS) is 1. The average molecular weight is 580 g/mol. The fourth-order valence-electron chi connectivity index (χ4n) is 5.21. The van der Waals surface area contributed by atoms with Crippen LogP contribution in [0.3, 0.4) is 0 Å². The van der Waals surface area contributed by atoms with E-state index in [4.69, 9.17) is 9.47 Å². The highest BCUT2D eigenvalue weighted by molar-refractivity contribution is 6.01. The number of benzene rings is 4. The molecule has 0 fully saturated rings. The van der Waals surface area contributed by atoms with Crippen molar-refractivity contribution in [1.29, 1.82) is 0 Å². The van der Waals surface area contributed by atoms with Gasteiger partial charge in [0.1, 0.15) is 18.1 Å². The van der Waals surface area contributed by atoms with E-state index >= 15 is 0 Å². The second-order valence-electron chi connectivity index (χ2n) is 10.3. The molecule has 4 aromatic rings. The second kappa shape index (κ2) is 13.1. The Bertz CT molecular complexity index is 1640. The Hall–Kier alpha value is -5.31. The summed E-state index contributed by atoms with van der Waals surface area (Å²) in [6.07, 6.45) is 0.0462. The van der Waals surface area contributed by atoms with E-state index in [0.717, 1.165) is 22.3 Å². The maximum atomic E-state index is 13.5. The molecule has 220 valence electrons. The van der Waals surface area contributed by atoms with E-state index < -0.39 is 12.0 Å². The van der Waals surface area contributed by atoms with Gasteiger partial charge in [-0.15, -0.1) is 0 Å². The number of rotatable bonds is 9. The van der Waals surface area contributed by atoms with Crippen LogP contribution in [0, 0.1) is 6.92 Å². The summed E-state index contributed by atoms with van der Waals surface area (Å²) in [6, 6.07) is 27.3. The number of hydrogen-bond acceptors (Lipinski definition) is 5. The number of fused-ring (bicyclic) bond motifs is 1. The van der Waals surface area contributed by atoms with Crippen LogP contribution in [0.5, 0.6) is 11.5 Å². The summed E-state index contributed by atoms with van der Waals surface area (Å²) in [4.78, 5) is 39.4. The Morgan fingerprint density at radius 1 is 0.907 bits per heavy atom. The van der Waals surface area contributed by atoms with E-state index in [1.54, 1.807) is 23.1 Å². The Morgan fingerprint density at radius 3 is 2.40 bits per heavy atom. The topological polar surface area (TPSA) is 117 Å². The average Bonchev–Trinajstić information content (AvgIpc) is 3.01. The third kappa shape index (κ3) is 6.95. The Morgan fingerprint density at radius 2 is 1.65 bits per heavy atom. The van der Waals surface area contributed by atoms with Gasteiger partial charge in [0.2, 0.25) is 5.91 Å². The Labute approximate surface area is 250 Å². The summed E-state index contributed by atoms with van der Waals surface area (Å²) in [5.74, 6) is -0.393. The number of ether oxygens (including phenoxy) is 2. The van der Waals surface area contributed by atoms with Crippen LogP contribution < -0.4 is 25.0 Å². The van der Waals surface area contributed by atoms with Gasteiger partial charge in [-0.2, -0.15) is 0 Å². The summed E-state index contributed by atoms with van der Waals surface area (Å²) in [7, 11) is 1.51. The minimum Gasteiger partial charge on any atom is -0.495 e. The minimum absolute atomic E-state index is 0.0638. The Balaban J connectivity index is 1.30. The number of methoxy groups -OCH3 is 1. The van der Waals surface area contributed by atoms with Crippen LogP contribution in [0.2, 0.25) is 0 Å². The van der Waals surface area contributed by atoms with Crippen molar-refractivity contribution in [2.24, 2.45) is 0 Å². The summed E-state index contributed by atoms with van der Waals surface area (Å²) in [5, 5.41) is 15.2. The molecule has 0 unspecified atom stereocenters. The molecule has 4 aromatic carbocycles. The van der Waals surface area contributed by atoms with Crippen LogP contribution in [-0.2, 0) is 16.0 Å². The molecule has 5 rings (SSSR count). The first kappa shape index (κ1) is 29.2. The normalized spacial score (nSPS) is 12.8. The van der Waals surface area contributed by atoms with Crippen LogP contribution in [0.15, 0.2) is 91.0 Å². The van der Waals surface area contributed by atoms with Gasteiger partial charge < -0.3 is 30.1 Å². The number of anilines is 3. The van der Waals surface area contributed by atoms with Crippen molar-refractivity contribution in [3.05, 3.63) is 113 Å². The molecule has 0 aliphatic carbocycles. The minimum atomic E-state index is -0.895. The van der Waals surface area contributed by atoms with Gasteiger partial charge in [0.15, 0.2) is 0 Å². The molecule has 0 bridgehead atoms. The number of carboxylic acids is 1. The lowest BCUT2D eigenvalue weighted by Crippen LogP contribution is -2.39. The molecule has 1 heterocycles. The number of urea groups is 1. The molecular weight excluding hydrogens is 546 g/mol. The molecule has 0 spiro atoms. The van der Waals surface area contributed by atoms with Crippen LogP contribution in [-0.4, -0.2) is 43.3 Å². The molecule has 3 N–H and O–H groups in total. The van der Waals surface area contributed by atoms with E-state index in [0.29, 0.717) is 41.7 Å². The number of aryl methyl sites for hydroxylation is 1. The first-order chi connectivity index (χ1) is 20.8. The summed E-state index contributed by atoms with van der Waals surface area (Å²) >= 11 is 0. The van der Waals surface area contributed by atoms with E-state index in [9.17, 15) is 19.5 Å². The number of amides is 3. The molecule has 0 aromatic heterocycles. The molecule has 0 saturated carbocycles. The highest BCUT2D eigenvalue weighted by atomic mass is 16.5. The molecule has 1 aliphatic heterocycles. The van der Waals surface area contributed by atoms with Crippen molar-refractivity contribution in [2.75, 3.05) is 35.8 Å². The van der Waals surface area contributed by atoms with E-state index in [-0.39, 0.29) is 24.7 Å². The van der Waals surface area contributed by atoms with Crippen molar-refractivity contribution in [3.63, 3.8) is 0 Å². The van der Waals surface area contributed by atoms with Crippen LogP contribution >= 0.6 is 0 Å². The molecule has 9 nitrogen and oxygen atoms in total. The van der Waals surface area contributed by atoms with Gasteiger partial charge in [-0.1, -0.05) is 60.7 Å². The molecule has 1 aliphatic rings. The summed E-state index contributed by atoms with van der Waals surface area (Å²) < 4.78 is 11.4. The molecular formula is C34H33N3O6. The number of para-hydroxylation sites is 1. The zero-order valence-corrected chi connectivity index (χ0v) is 24.0. The smallest absolute Gasteiger partial charge is 0.323 e. The van der Waals surface area contributed by atoms with Crippen LogP contribution in [0.1, 0.15) is 34.6 Å². The first-order valence-electron chi connectivity index (χ1n) is 14.0. The van der Waals surface area contributed by atoms with Gasteiger partial charge in [-0.05, 0) is 59.5 Å². The fourth-order valence-corrected chi connectivity index (χ4v) is 5.21. The maximum absolute atomic E-state index is 13.5. The van der Waals surface area contributed by atoms with Crippen molar-refractivity contribution < 1.29 is 29.0 Å². The fraction of sp³-hybridized carbons (Fsp3) is 0.206. The van der Waals surface area contributed by atoms with Gasteiger partial charge in [-0.3, -0.25) is 9.59 Å². The van der Waals surface area contributed by atoms with E-state index in [1.807, 2.05) is 79.7 Å². The lowest BCUT2D eigenvalue weighted by molar-refractivity contribution is -0.137. The van der Waals surface area contributed by atoms with Gasteiger partial charge in [0, 0.05) is 11.6 Å². The van der Waals surface area contributed by atoms with Crippen molar-refractivity contribution in [2.45, 2.75) is 25.7 Å². The van der Waals surface area contributed by atoms with Crippen molar-refractivity contribution in [1.82, 2.24) is 0 Å². The third-order valence-electron chi connectivity index (χ3n) is 7.39. The largest absolute Gasteiger partial charge is 0.495 e. The maximum Gasteiger partial charge on any atom is 0.323 e. The predicted octanol–water partition coefficient (Wildman–Crippen LogP) is 6.22. The quantitative estimate of drug-likeness (QED) is 0.217. The summed E-state index contributed by atoms with van der Waals surface area (Å²) in [6.45, 7) is 2.62. The van der Waals surface area contributed by atoms with Gasteiger partial charge in [-0.25, -0.2) is 4.79 Å². The number of hydrogen-bond donors (Lipinski definition) is 3. The number of carbonyl (C=O) groups excluding carboxylic acids is 2. The van der Waals surface area contributed by atoms with Crippen LogP contribution in [0.4, 0.5) is 21.9 Å². The van der Waals surface area contributed by atoms with E-state index in [1.165, 1.54) is 7.11 Å². The predicted molar refractivity (Wildman–Crippen MR) is 165 cm³/mol. The number of nitrogens with one attached hydrogen (secondary N) is 2. The van der Waals surface area contributed by atoms with Crippen molar-refractivity contribution >= 4 is 35.0 Å². The van der Waals surface area contributed by atoms with Crippen molar-refractivity contribution in [3.8, 4) is 11.5 Å². The highest BCUT2D eigenvalue weighted by Gasteiger charge is 2.26. The van der Waals surface area contributed by atoms with Crippen LogP contribution in [0.25, 0.3) is 0 Å². The molecule has 43 heavy (non-hydrogen) atoms. The lowest BCUT2D eigenvalue weighted by atomic mass is 9.88. The Kier molecular flexibility index (Phi) is 8.90. The van der Waals surface area contributed by atoms with Gasteiger partial charge in [0.05, 0.1) is 37.9 Å². The SMILES string of the molecule is COc1cc(CC(=O)N2CCOc3cc([C@H](CC(=O)O)c4ccccc4)ccc32)ccc1NC(=O)Nc1ccccc1C. The molecule has 9 heteroatoms. The molecule has 3 amide bonds. The van der Waals surface area contributed by atoms with Gasteiger partial charge in [0.25, 0.3) is 0 Å². The van der Waals surface area contributed by atoms with Gasteiger partial charge >= 0.3 is 12.0 Å². The zero-order chi connectivity index (χ0) is 30.3. The standard InChI is InChI=1S/C34H33N3O6/c1-22-8-6-7-11-27(22)35-34(41)36-28-14-12-23(18-30(28)42-2)19-32(38)37-16-17-43-31-20-25(13-15-29(31)37)26(21-33(39)40)24-9-4-3-5-10-24/h3-15,18,20,26H,16-17,19,21H2,1-2H3,(H,39,40)(H2,35,36,41)/t26-/m1/s1. The second-order valence-corrected chi connectivity index (χ2v) is 10.3. The first-order valence-corrected chi connectivity index (χ1v) is 14.0. The number of nitrogens with zero attached hydrogens (tertiary/aromatic N) is 1. The third-order valence-corrected chi connectivity index (χ3v) is 7.39. The van der Waals surface area contributed by atoms with E-state index in [2.05, 4.69) is 10.6 Å². The summed E-state index contributed by atoms with van der Waals surface area (Å²) in [5.41, 5.74) is 5.19. The number of aliphatic carboxylic acids is 1. The monoisotopic (exact) mass is 579 g/mol. The lowest BCUT2D eigenvalue weighted by Gasteiger charge is -2.30. The highest BCUT2D eigenvalue weighted by Crippen LogP contribution is 2.38. The number of carbonyl (C=O) groups is 3. The molecule has 0 saturated heterocycles. The molecule has 0 radical (unpaired) electrons. The molecule has 1 atom stereocenters.